The Bertz CT molecular complexity index is 609. The van der Waals surface area contributed by atoms with E-state index >= 15 is 0 Å². The van der Waals surface area contributed by atoms with Crippen LogP contribution in [-0.4, -0.2) is 16.1 Å². The van der Waals surface area contributed by atoms with Crippen LogP contribution >= 0.6 is 15.9 Å². The first-order valence-corrected chi connectivity index (χ1v) is 7.41. The summed E-state index contributed by atoms with van der Waals surface area (Å²) in [6.07, 6.45) is 6.10. The molecule has 0 amide bonds. The summed E-state index contributed by atoms with van der Waals surface area (Å²) in [4.78, 5) is 4.22. The van der Waals surface area contributed by atoms with Crippen molar-refractivity contribution in [3.63, 3.8) is 0 Å². The van der Waals surface area contributed by atoms with Crippen molar-refractivity contribution in [1.82, 2.24) is 9.55 Å². The maximum atomic E-state index is 13.3. The van der Waals surface area contributed by atoms with Crippen molar-refractivity contribution in [2.75, 3.05) is 11.9 Å². The number of hydrogen-bond donors (Lipinski definition) is 2. The molecule has 4 nitrogen and oxygen atoms in total. The average Bonchev–Trinajstić information content (AvgIpc) is 3.18. The van der Waals surface area contributed by atoms with E-state index in [0.717, 1.165) is 11.4 Å². The molecular formula is C14H16BrFN4. The molecular weight excluding hydrogens is 323 g/mol. The van der Waals surface area contributed by atoms with Crippen molar-refractivity contribution in [3.8, 4) is 0 Å². The first-order valence-electron chi connectivity index (χ1n) is 6.62. The molecule has 3 N–H and O–H groups in total. The lowest BCUT2D eigenvalue weighted by molar-refractivity contribution is 0.620. The fourth-order valence-corrected chi connectivity index (χ4v) is 2.66. The minimum atomic E-state index is -0.275. The summed E-state index contributed by atoms with van der Waals surface area (Å²) in [5, 5.41) is 3.34. The minimum Gasteiger partial charge on any atom is -0.375 e. The van der Waals surface area contributed by atoms with Gasteiger partial charge in [0.2, 0.25) is 0 Å². The van der Waals surface area contributed by atoms with E-state index in [1.807, 2.05) is 12.5 Å². The molecule has 1 heterocycles. The predicted octanol–water partition coefficient (Wildman–Crippen LogP) is 3.23. The zero-order valence-electron chi connectivity index (χ0n) is 10.9. The second kappa shape index (κ2) is 5.54. The molecule has 20 heavy (non-hydrogen) atoms. The smallest absolute Gasteiger partial charge is 0.137 e. The lowest BCUT2D eigenvalue weighted by Gasteiger charge is -2.20. The van der Waals surface area contributed by atoms with E-state index in [9.17, 15) is 4.39 Å². The highest BCUT2D eigenvalue weighted by atomic mass is 79.9. The van der Waals surface area contributed by atoms with Gasteiger partial charge in [-0.3, -0.25) is 0 Å². The maximum Gasteiger partial charge on any atom is 0.137 e. The van der Waals surface area contributed by atoms with Gasteiger partial charge in [0, 0.05) is 18.3 Å². The van der Waals surface area contributed by atoms with E-state index in [-0.39, 0.29) is 11.9 Å². The van der Waals surface area contributed by atoms with Gasteiger partial charge < -0.3 is 15.6 Å². The third kappa shape index (κ3) is 2.71. The van der Waals surface area contributed by atoms with Crippen molar-refractivity contribution < 1.29 is 4.39 Å². The van der Waals surface area contributed by atoms with Crippen LogP contribution in [0.3, 0.4) is 0 Å². The Hall–Kier alpha value is -1.40. The van der Waals surface area contributed by atoms with Crippen LogP contribution in [0.25, 0.3) is 0 Å². The number of nitrogens with zero attached hydrogens (tertiary/aromatic N) is 2. The second-order valence-electron chi connectivity index (χ2n) is 5.02. The van der Waals surface area contributed by atoms with Gasteiger partial charge in [0.25, 0.3) is 0 Å². The maximum absolute atomic E-state index is 13.3. The molecule has 0 radical (unpaired) electrons. The Labute approximate surface area is 125 Å². The number of rotatable bonds is 5. The number of benzene rings is 1. The van der Waals surface area contributed by atoms with Gasteiger partial charge in [0.05, 0.1) is 28.7 Å². The topological polar surface area (TPSA) is 55.9 Å². The molecule has 1 aliphatic rings. The van der Waals surface area contributed by atoms with Crippen molar-refractivity contribution >= 4 is 21.6 Å². The lowest BCUT2D eigenvalue weighted by atomic mass is 10.2. The van der Waals surface area contributed by atoms with E-state index in [1.54, 1.807) is 12.1 Å². The Morgan fingerprint density at radius 3 is 2.95 bits per heavy atom. The molecule has 0 aliphatic heterocycles. The van der Waals surface area contributed by atoms with Crippen LogP contribution in [0.2, 0.25) is 0 Å². The quantitative estimate of drug-likeness (QED) is 0.879. The Morgan fingerprint density at radius 1 is 1.50 bits per heavy atom. The van der Waals surface area contributed by atoms with Gasteiger partial charge in [-0.05, 0) is 47.0 Å². The molecule has 0 spiro atoms. The SMILES string of the molecule is NCC(Nc1ccc(F)c(Br)c1)c1cncn1C1CC1. The Morgan fingerprint density at radius 2 is 2.30 bits per heavy atom. The zero-order valence-corrected chi connectivity index (χ0v) is 12.5. The number of nitrogens with two attached hydrogens (primary N) is 1. The fraction of sp³-hybridized carbons (Fsp3) is 0.357. The Balaban J connectivity index is 1.82. The summed E-state index contributed by atoms with van der Waals surface area (Å²) in [6, 6.07) is 5.38. The molecule has 0 bridgehead atoms. The molecule has 106 valence electrons. The first-order chi connectivity index (χ1) is 9.69. The van der Waals surface area contributed by atoms with Gasteiger partial charge >= 0.3 is 0 Å². The molecule has 0 saturated heterocycles. The highest BCUT2D eigenvalue weighted by Crippen LogP contribution is 2.37. The van der Waals surface area contributed by atoms with Gasteiger partial charge in [-0.25, -0.2) is 9.37 Å². The molecule has 1 aromatic carbocycles. The van der Waals surface area contributed by atoms with Crippen molar-refractivity contribution in [1.29, 1.82) is 0 Å². The zero-order chi connectivity index (χ0) is 14.1. The number of halogens is 2. The summed E-state index contributed by atoms with van der Waals surface area (Å²) in [6.45, 7) is 0.452. The summed E-state index contributed by atoms with van der Waals surface area (Å²) in [5.41, 5.74) is 7.79. The standard InChI is InChI=1S/C14H16BrFN4/c15-11-5-9(1-4-12(11)16)19-13(6-17)14-7-18-8-20(14)10-2-3-10/h1,4-5,7-8,10,13,19H,2-3,6,17H2. The average molecular weight is 339 g/mol. The van der Waals surface area contributed by atoms with E-state index in [2.05, 4.69) is 30.8 Å². The number of anilines is 1. The van der Waals surface area contributed by atoms with Gasteiger partial charge in [0.15, 0.2) is 0 Å². The van der Waals surface area contributed by atoms with Crippen LogP contribution in [0.15, 0.2) is 35.2 Å². The molecule has 1 unspecified atom stereocenters. The fourth-order valence-electron chi connectivity index (χ4n) is 2.28. The first kappa shape index (κ1) is 13.6. The number of aromatic nitrogens is 2. The molecule has 1 saturated carbocycles. The molecule has 1 atom stereocenters. The summed E-state index contributed by atoms with van der Waals surface area (Å²) in [7, 11) is 0. The number of hydrogen-bond acceptors (Lipinski definition) is 3. The summed E-state index contributed by atoms with van der Waals surface area (Å²) < 4.78 is 15.9. The van der Waals surface area contributed by atoms with Crippen LogP contribution in [0, 0.1) is 5.82 Å². The Kier molecular flexibility index (Phi) is 3.76. The van der Waals surface area contributed by atoms with Crippen molar-refractivity contribution in [2.24, 2.45) is 5.73 Å². The van der Waals surface area contributed by atoms with E-state index < -0.39 is 0 Å². The van der Waals surface area contributed by atoms with E-state index in [4.69, 9.17) is 5.73 Å². The lowest BCUT2D eigenvalue weighted by Crippen LogP contribution is -2.23. The highest BCUT2D eigenvalue weighted by Gasteiger charge is 2.27. The molecule has 1 fully saturated rings. The van der Waals surface area contributed by atoms with E-state index in [1.165, 1.54) is 18.9 Å². The van der Waals surface area contributed by atoms with Crippen LogP contribution in [0.4, 0.5) is 10.1 Å². The van der Waals surface area contributed by atoms with Gasteiger partial charge in [-0.1, -0.05) is 0 Å². The number of nitrogens with one attached hydrogen (secondary N) is 1. The molecule has 1 aromatic heterocycles. The van der Waals surface area contributed by atoms with Crippen LogP contribution < -0.4 is 11.1 Å². The molecule has 1 aliphatic carbocycles. The van der Waals surface area contributed by atoms with Crippen LogP contribution in [0.5, 0.6) is 0 Å². The minimum absolute atomic E-state index is 0.0320. The molecule has 6 heteroatoms. The third-order valence-electron chi connectivity index (χ3n) is 3.49. The van der Waals surface area contributed by atoms with Gasteiger partial charge in [-0.15, -0.1) is 0 Å². The van der Waals surface area contributed by atoms with Crippen molar-refractivity contribution in [3.05, 3.63) is 46.7 Å². The second-order valence-corrected chi connectivity index (χ2v) is 5.87. The number of imidazole rings is 1. The monoisotopic (exact) mass is 338 g/mol. The van der Waals surface area contributed by atoms with Gasteiger partial charge in [-0.2, -0.15) is 0 Å². The van der Waals surface area contributed by atoms with E-state index in [0.29, 0.717) is 17.1 Å². The molecule has 3 rings (SSSR count). The third-order valence-corrected chi connectivity index (χ3v) is 4.10. The predicted molar refractivity (Wildman–Crippen MR) is 80.0 cm³/mol. The highest BCUT2D eigenvalue weighted by molar-refractivity contribution is 9.10. The summed E-state index contributed by atoms with van der Waals surface area (Å²) >= 11 is 3.19. The van der Waals surface area contributed by atoms with Crippen LogP contribution in [-0.2, 0) is 0 Å². The normalized spacial score (nSPS) is 16.1. The van der Waals surface area contributed by atoms with Crippen LogP contribution in [0.1, 0.15) is 30.6 Å². The molecule has 2 aromatic rings. The van der Waals surface area contributed by atoms with Gasteiger partial charge in [0.1, 0.15) is 5.82 Å². The largest absolute Gasteiger partial charge is 0.375 e. The summed E-state index contributed by atoms with van der Waals surface area (Å²) in [5.74, 6) is -0.275. The van der Waals surface area contributed by atoms with Crippen molar-refractivity contribution in [2.45, 2.75) is 24.9 Å².